The lowest BCUT2D eigenvalue weighted by Crippen LogP contribution is -2.45. The minimum Gasteiger partial charge on any atom is -0.481 e. The molecule has 2 atom stereocenters. The van der Waals surface area contributed by atoms with Gasteiger partial charge in [0, 0.05) is 19.0 Å². The Hall–Kier alpha value is -1.63. The van der Waals surface area contributed by atoms with E-state index in [1.165, 1.54) is 4.90 Å². The molecule has 16 heavy (non-hydrogen) atoms. The second-order valence-corrected chi connectivity index (χ2v) is 3.65. The van der Waals surface area contributed by atoms with Crippen molar-refractivity contribution in [3.63, 3.8) is 0 Å². The highest BCUT2D eigenvalue weighted by molar-refractivity contribution is 5.89. The Bertz CT molecular complexity index is 317. The summed E-state index contributed by atoms with van der Waals surface area (Å²) in [6, 6.07) is -1.43. The Morgan fingerprint density at radius 2 is 2.31 bits per heavy atom. The van der Waals surface area contributed by atoms with Crippen molar-refractivity contribution in [3.8, 4) is 0 Å². The van der Waals surface area contributed by atoms with Crippen LogP contribution in [-0.2, 0) is 19.1 Å². The fourth-order valence-corrected chi connectivity index (χ4v) is 1.68. The van der Waals surface area contributed by atoms with E-state index in [2.05, 4.69) is 4.74 Å². The molecule has 0 aromatic rings. The first kappa shape index (κ1) is 12.4. The van der Waals surface area contributed by atoms with Gasteiger partial charge in [0.25, 0.3) is 0 Å². The summed E-state index contributed by atoms with van der Waals surface area (Å²) in [5.41, 5.74) is 5.56. The van der Waals surface area contributed by atoms with Crippen LogP contribution in [0.15, 0.2) is 0 Å². The normalized spacial score (nSPS) is 22.0. The summed E-state index contributed by atoms with van der Waals surface area (Å²) in [5.74, 6) is -2.21. The molecule has 1 aliphatic rings. The van der Waals surface area contributed by atoms with Crippen LogP contribution in [-0.4, -0.2) is 53.6 Å². The first-order valence-corrected chi connectivity index (χ1v) is 4.80. The molecule has 1 amide bonds. The molecule has 1 saturated heterocycles. The molecule has 1 heterocycles. The SMILES string of the molecule is COC(=O)[C@@H](CC(=O)O)N1CC(N)CC1=O. The standard InChI is InChI=1S/C9H14N2O5/c1-16-9(15)6(3-8(13)14)11-4-5(10)2-7(11)12/h5-6H,2-4,10H2,1H3,(H,13,14)/t5?,6-/m1/s1. The summed E-state index contributed by atoms with van der Waals surface area (Å²) in [6.07, 6.45) is -0.335. The number of amides is 1. The van der Waals surface area contributed by atoms with E-state index in [0.717, 1.165) is 7.11 Å². The van der Waals surface area contributed by atoms with Crippen molar-refractivity contribution < 1.29 is 24.2 Å². The lowest BCUT2D eigenvalue weighted by atomic mass is 10.2. The molecule has 0 aromatic carbocycles. The van der Waals surface area contributed by atoms with E-state index >= 15 is 0 Å². The first-order valence-electron chi connectivity index (χ1n) is 4.80. The number of aliphatic carboxylic acids is 1. The van der Waals surface area contributed by atoms with Gasteiger partial charge in [0.2, 0.25) is 5.91 Å². The Balaban J connectivity index is 2.80. The molecule has 0 aromatic heterocycles. The van der Waals surface area contributed by atoms with E-state index < -0.39 is 24.4 Å². The van der Waals surface area contributed by atoms with Crippen molar-refractivity contribution in [2.45, 2.75) is 24.9 Å². The van der Waals surface area contributed by atoms with Crippen LogP contribution in [0.1, 0.15) is 12.8 Å². The number of nitrogens with zero attached hydrogens (tertiary/aromatic N) is 1. The third kappa shape index (κ3) is 2.69. The number of carbonyl (C=O) groups is 3. The Labute approximate surface area is 92.1 Å². The average molecular weight is 230 g/mol. The van der Waals surface area contributed by atoms with E-state index in [1.54, 1.807) is 0 Å². The number of carboxylic acid groups (broad SMARTS) is 1. The third-order valence-electron chi connectivity index (χ3n) is 2.41. The molecular formula is C9H14N2O5. The predicted octanol–water partition coefficient (Wildman–Crippen LogP) is -1.44. The van der Waals surface area contributed by atoms with Gasteiger partial charge in [-0.05, 0) is 0 Å². The summed E-state index contributed by atoms with van der Waals surface area (Å²) in [7, 11) is 1.15. The summed E-state index contributed by atoms with van der Waals surface area (Å²) >= 11 is 0. The summed E-state index contributed by atoms with van der Waals surface area (Å²) in [4.78, 5) is 34.6. The van der Waals surface area contributed by atoms with Crippen molar-refractivity contribution in [2.75, 3.05) is 13.7 Å². The smallest absolute Gasteiger partial charge is 0.329 e. The minimum atomic E-state index is -1.16. The van der Waals surface area contributed by atoms with Gasteiger partial charge in [0.05, 0.1) is 13.5 Å². The molecule has 7 heteroatoms. The fourth-order valence-electron chi connectivity index (χ4n) is 1.68. The number of rotatable bonds is 4. The van der Waals surface area contributed by atoms with Crippen molar-refractivity contribution in [2.24, 2.45) is 5.73 Å². The quantitative estimate of drug-likeness (QED) is 0.572. The van der Waals surface area contributed by atoms with Crippen molar-refractivity contribution in [1.29, 1.82) is 0 Å². The zero-order valence-electron chi connectivity index (χ0n) is 8.88. The van der Waals surface area contributed by atoms with Crippen LogP contribution in [0.5, 0.6) is 0 Å². The lowest BCUT2D eigenvalue weighted by Gasteiger charge is -2.24. The fraction of sp³-hybridized carbons (Fsp3) is 0.667. The lowest BCUT2D eigenvalue weighted by molar-refractivity contribution is -0.155. The molecule has 1 rings (SSSR count). The summed E-state index contributed by atoms with van der Waals surface area (Å²) < 4.78 is 4.47. The molecule has 0 aliphatic carbocycles. The first-order chi connectivity index (χ1) is 7.45. The highest BCUT2D eigenvalue weighted by Gasteiger charge is 2.38. The van der Waals surface area contributed by atoms with Crippen molar-refractivity contribution in [3.05, 3.63) is 0 Å². The molecule has 0 radical (unpaired) electrons. The summed E-state index contributed by atoms with van der Waals surface area (Å²) in [5, 5.41) is 8.66. The van der Waals surface area contributed by atoms with Crippen molar-refractivity contribution >= 4 is 17.8 Å². The van der Waals surface area contributed by atoms with Crippen LogP contribution in [0.4, 0.5) is 0 Å². The Kier molecular flexibility index (Phi) is 3.83. The van der Waals surface area contributed by atoms with Gasteiger partial charge < -0.3 is 20.5 Å². The number of carbonyl (C=O) groups excluding carboxylic acids is 2. The van der Waals surface area contributed by atoms with Gasteiger partial charge in [-0.2, -0.15) is 0 Å². The number of ether oxygens (including phenoxy) is 1. The molecule has 1 aliphatic heterocycles. The number of nitrogens with two attached hydrogens (primary N) is 1. The molecule has 7 nitrogen and oxygen atoms in total. The van der Waals surface area contributed by atoms with Crippen LogP contribution >= 0.6 is 0 Å². The zero-order valence-corrected chi connectivity index (χ0v) is 8.88. The van der Waals surface area contributed by atoms with Crippen LogP contribution in [0.3, 0.4) is 0 Å². The van der Waals surface area contributed by atoms with Crippen LogP contribution in [0, 0.1) is 0 Å². The topological polar surface area (TPSA) is 110 Å². The molecule has 1 unspecified atom stereocenters. The Morgan fingerprint density at radius 3 is 2.69 bits per heavy atom. The maximum atomic E-state index is 11.5. The van der Waals surface area contributed by atoms with E-state index in [-0.39, 0.29) is 24.9 Å². The molecule has 0 bridgehead atoms. The highest BCUT2D eigenvalue weighted by Crippen LogP contribution is 2.16. The van der Waals surface area contributed by atoms with Crippen LogP contribution < -0.4 is 5.73 Å². The molecular weight excluding hydrogens is 216 g/mol. The minimum absolute atomic E-state index is 0.132. The third-order valence-corrected chi connectivity index (χ3v) is 2.41. The van der Waals surface area contributed by atoms with E-state index in [4.69, 9.17) is 10.8 Å². The number of hydrogen-bond donors (Lipinski definition) is 2. The second kappa shape index (κ2) is 4.93. The van der Waals surface area contributed by atoms with Gasteiger partial charge in [-0.3, -0.25) is 9.59 Å². The van der Waals surface area contributed by atoms with Crippen molar-refractivity contribution in [1.82, 2.24) is 4.90 Å². The van der Waals surface area contributed by atoms with E-state index in [9.17, 15) is 14.4 Å². The van der Waals surface area contributed by atoms with Gasteiger partial charge in [0.1, 0.15) is 6.04 Å². The largest absolute Gasteiger partial charge is 0.481 e. The number of esters is 1. The average Bonchev–Trinajstić information content (AvgIpc) is 2.53. The summed E-state index contributed by atoms with van der Waals surface area (Å²) in [6.45, 7) is 0.186. The zero-order chi connectivity index (χ0) is 12.3. The van der Waals surface area contributed by atoms with Gasteiger partial charge >= 0.3 is 11.9 Å². The van der Waals surface area contributed by atoms with E-state index in [1.807, 2.05) is 0 Å². The predicted molar refractivity (Wildman–Crippen MR) is 52.4 cm³/mol. The van der Waals surface area contributed by atoms with Gasteiger partial charge in [0.15, 0.2) is 0 Å². The number of carboxylic acids is 1. The monoisotopic (exact) mass is 230 g/mol. The molecule has 3 N–H and O–H groups in total. The highest BCUT2D eigenvalue weighted by atomic mass is 16.5. The molecule has 0 spiro atoms. The van der Waals surface area contributed by atoms with Crippen LogP contribution in [0.2, 0.25) is 0 Å². The number of hydrogen-bond acceptors (Lipinski definition) is 5. The van der Waals surface area contributed by atoms with Gasteiger partial charge in [-0.15, -0.1) is 0 Å². The Morgan fingerprint density at radius 1 is 1.69 bits per heavy atom. The van der Waals surface area contributed by atoms with Gasteiger partial charge in [-0.25, -0.2) is 4.79 Å². The second-order valence-electron chi connectivity index (χ2n) is 3.65. The van der Waals surface area contributed by atoms with Gasteiger partial charge in [-0.1, -0.05) is 0 Å². The number of methoxy groups -OCH3 is 1. The molecule has 0 saturated carbocycles. The maximum absolute atomic E-state index is 11.5. The maximum Gasteiger partial charge on any atom is 0.329 e. The van der Waals surface area contributed by atoms with Crippen LogP contribution in [0.25, 0.3) is 0 Å². The van der Waals surface area contributed by atoms with E-state index in [0.29, 0.717) is 0 Å². The molecule has 1 fully saturated rings. The molecule has 90 valence electrons. The number of likely N-dealkylation sites (tertiary alicyclic amines) is 1.